The van der Waals surface area contributed by atoms with Gasteiger partial charge in [-0.15, -0.1) is 0 Å². The Balaban J connectivity index is 1.68. The summed E-state index contributed by atoms with van der Waals surface area (Å²) in [5, 5.41) is 0. The first-order valence-electron chi connectivity index (χ1n) is 7.89. The molecular formula is C21H20Si. The standard InChI is InChI=1S/C21H20Si/c1-15-14-20-18-11-7-4-8-16(18)12-13-19(20)21(15)22(2,3)17-9-5-6-10-17/h4-14H,1-3H3. The Labute approximate surface area is 137 Å². The van der Waals surface area contributed by atoms with Crippen LogP contribution in [-0.4, -0.2) is 8.07 Å². The van der Waals surface area contributed by atoms with Gasteiger partial charge < -0.3 is 0 Å². The minimum Gasteiger partial charge on any atom is -0.0755 e. The van der Waals surface area contributed by atoms with Gasteiger partial charge in [-0.25, -0.2) is 0 Å². The number of hydrogen-bond donors (Lipinski definition) is 0. The van der Waals surface area contributed by atoms with Crippen LogP contribution >= 0.6 is 0 Å². The van der Waals surface area contributed by atoms with E-state index in [4.69, 9.17) is 0 Å². The highest BCUT2D eigenvalue weighted by Crippen LogP contribution is 2.58. The average Bonchev–Trinajstić information content (AvgIpc) is 3.14. The van der Waals surface area contributed by atoms with Gasteiger partial charge in [-0.1, -0.05) is 56.4 Å². The van der Waals surface area contributed by atoms with E-state index in [1.54, 1.807) is 5.54 Å². The minimum absolute atomic E-state index is 1.33. The van der Waals surface area contributed by atoms with Crippen molar-refractivity contribution in [2.45, 2.75) is 20.0 Å². The smallest absolute Gasteiger partial charge is 0.0630 e. The summed E-state index contributed by atoms with van der Waals surface area (Å²) in [5.74, 6) is 4.32. The number of benzene rings is 1. The van der Waals surface area contributed by atoms with Crippen LogP contribution in [0.2, 0.25) is 13.1 Å². The zero-order valence-electron chi connectivity index (χ0n) is 13.4. The minimum atomic E-state index is -1.65. The predicted octanol–water partition coefficient (Wildman–Crippen LogP) is 4.79. The molecule has 3 aliphatic rings. The van der Waals surface area contributed by atoms with Crippen LogP contribution < -0.4 is 0 Å². The second kappa shape index (κ2) is 5.37. The molecule has 2 fully saturated rings. The maximum atomic E-state index is 2.47. The van der Waals surface area contributed by atoms with Crippen molar-refractivity contribution >= 4 is 14.1 Å². The highest BCUT2D eigenvalue weighted by molar-refractivity contribution is 6.90. The van der Waals surface area contributed by atoms with Crippen molar-refractivity contribution in [3.63, 3.8) is 0 Å². The zero-order chi connectivity index (χ0) is 15.3. The molecule has 1 heteroatoms. The van der Waals surface area contributed by atoms with Crippen LogP contribution in [0.25, 0.3) is 6.08 Å². The van der Waals surface area contributed by atoms with Crippen molar-refractivity contribution in [2.75, 3.05) is 0 Å². The Morgan fingerprint density at radius 3 is 2.36 bits per heavy atom. The van der Waals surface area contributed by atoms with Crippen molar-refractivity contribution < 1.29 is 0 Å². The van der Waals surface area contributed by atoms with Crippen molar-refractivity contribution in [1.29, 1.82) is 0 Å². The quantitative estimate of drug-likeness (QED) is 0.689. The van der Waals surface area contributed by atoms with Crippen molar-refractivity contribution in [3.8, 4) is 0 Å². The summed E-state index contributed by atoms with van der Waals surface area (Å²) in [6.07, 6.45) is 15.9. The monoisotopic (exact) mass is 300 g/mol. The van der Waals surface area contributed by atoms with E-state index < -0.39 is 8.07 Å². The molecule has 22 heavy (non-hydrogen) atoms. The molecule has 0 bridgehead atoms. The van der Waals surface area contributed by atoms with Gasteiger partial charge in [0.2, 0.25) is 0 Å². The summed E-state index contributed by atoms with van der Waals surface area (Å²) in [5.41, 5.74) is 5.83. The maximum Gasteiger partial charge on any atom is 0.0630 e. The predicted molar refractivity (Wildman–Crippen MR) is 95.4 cm³/mol. The normalized spacial score (nSPS) is 24.9. The summed E-state index contributed by atoms with van der Waals surface area (Å²) in [4.78, 5) is 0. The van der Waals surface area contributed by atoms with Gasteiger partial charge in [0.05, 0.1) is 8.07 Å². The van der Waals surface area contributed by atoms with Crippen LogP contribution in [0.5, 0.6) is 0 Å². The van der Waals surface area contributed by atoms with Gasteiger partial charge in [0.15, 0.2) is 0 Å². The molecular weight excluding hydrogens is 280 g/mol. The summed E-state index contributed by atoms with van der Waals surface area (Å²) >= 11 is 0. The lowest BCUT2D eigenvalue weighted by Crippen LogP contribution is -2.45. The van der Waals surface area contributed by atoms with E-state index in [1.165, 1.54) is 34.4 Å². The lowest BCUT2D eigenvalue weighted by Gasteiger charge is -2.40. The summed E-state index contributed by atoms with van der Waals surface area (Å²) < 4.78 is 0. The van der Waals surface area contributed by atoms with Gasteiger partial charge in [0.1, 0.15) is 0 Å². The maximum absolute atomic E-state index is 2.47. The Kier molecular flexibility index (Phi) is 3.60. The lowest BCUT2D eigenvalue weighted by molar-refractivity contribution is 1.11. The number of hydrogen-bond acceptors (Lipinski definition) is 0. The molecule has 1 aromatic carbocycles. The molecule has 10 radical (unpaired) electrons. The molecule has 0 aliphatic heterocycles. The molecule has 3 aliphatic carbocycles. The SMILES string of the molecule is C[C]1[CH][C]2[C](C=Cc3ccccc32)[C]1[Si](C)(C)[C]1[CH][CH][CH][CH]1. The fraction of sp³-hybridized carbons (Fsp3) is 0.143. The Bertz CT molecular complexity index is 579. The van der Waals surface area contributed by atoms with E-state index in [0.717, 1.165) is 0 Å². The summed E-state index contributed by atoms with van der Waals surface area (Å²) in [7, 11) is -1.65. The van der Waals surface area contributed by atoms with E-state index in [9.17, 15) is 0 Å². The molecule has 2 saturated carbocycles. The molecule has 0 spiro atoms. The van der Waals surface area contributed by atoms with Crippen LogP contribution in [0.4, 0.5) is 0 Å². The molecule has 0 heterocycles. The van der Waals surface area contributed by atoms with Crippen molar-refractivity contribution in [1.82, 2.24) is 0 Å². The number of allylic oxidation sites excluding steroid dienone is 1. The van der Waals surface area contributed by atoms with Crippen LogP contribution in [0.15, 0.2) is 30.3 Å². The molecule has 0 unspecified atom stereocenters. The van der Waals surface area contributed by atoms with Gasteiger partial charge in [-0.05, 0) is 60.2 Å². The van der Waals surface area contributed by atoms with E-state index in [0.29, 0.717) is 0 Å². The molecule has 0 amide bonds. The molecule has 108 valence electrons. The van der Waals surface area contributed by atoms with E-state index in [2.05, 4.69) is 88.5 Å². The molecule has 0 saturated heterocycles. The fourth-order valence-corrected chi connectivity index (χ4v) is 7.20. The highest BCUT2D eigenvalue weighted by Gasteiger charge is 2.54. The van der Waals surface area contributed by atoms with E-state index in [-0.39, 0.29) is 0 Å². The zero-order valence-corrected chi connectivity index (χ0v) is 14.4. The summed E-state index contributed by atoms with van der Waals surface area (Å²) in [6, 6.07) is 8.71. The first-order valence-corrected chi connectivity index (χ1v) is 10.9. The van der Waals surface area contributed by atoms with Crippen LogP contribution in [0.1, 0.15) is 18.1 Å². The molecule has 1 aromatic rings. The summed E-state index contributed by atoms with van der Waals surface area (Å²) in [6.45, 7) is 7.22. The third-order valence-corrected chi connectivity index (χ3v) is 8.69. The van der Waals surface area contributed by atoms with Crippen molar-refractivity contribution in [3.05, 3.63) is 102 Å². The third kappa shape index (κ3) is 2.16. The van der Waals surface area contributed by atoms with Crippen molar-refractivity contribution in [2.24, 2.45) is 0 Å². The molecule has 0 nitrogen and oxygen atoms in total. The Morgan fingerprint density at radius 1 is 0.864 bits per heavy atom. The Hall–Kier alpha value is -0.823. The lowest BCUT2D eigenvalue weighted by atomic mass is 9.81. The fourth-order valence-electron chi connectivity index (χ4n) is 3.93. The number of fused-ring (bicyclic) bond motifs is 3. The first kappa shape index (κ1) is 14.7. The highest BCUT2D eigenvalue weighted by atomic mass is 28.3. The Morgan fingerprint density at radius 2 is 1.59 bits per heavy atom. The van der Waals surface area contributed by atoms with Gasteiger partial charge in [0, 0.05) is 11.8 Å². The molecule has 0 atom stereocenters. The third-order valence-electron chi connectivity index (χ3n) is 5.00. The molecule has 0 N–H and O–H groups in total. The van der Waals surface area contributed by atoms with Crippen LogP contribution in [-0.2, 0) is 0 Å². The van der Waals surface area contributed by atoms with Crippen LogP contribution in [0.3, 0.4) is 0 Å². The second-order valence-electron chi connectivity index (χ2n) is 6.75. The first-order chi connectivity index (χ1) is 10.6. The van der Waals surface area contributed by atoms with Gasteiger partial charge >= 0.3 is 0 Å². The van der Waals surface area contributed by atoms with E-state index >= 15 is 0 Å². The topological polar surface area (TPSA) is 0 Å². The van der Waals surface area contributed by atoms with Crippen LogP contribution in [0, 0.1) is 60.9 Å². The molecule has 0 aromatic heterocycles. The van der Waals surface area contributed by atoms with Gasteiger partial charge in [-0.3, -0.25) is 0 Å². The van der Waals surface area contributed by atoms with Gasteiger partial charge in [-0.2, -0.15) is 0 Å². The average molecular weight is 300 g/mol. The second-order valence-corrected chi connectivity index (χ2v) is 11.1. The van der Waals surface area contributed by atoms with E-state index in [1.807, 2.05) is 0 Å². The largest absolute Gasteiger partial charge is 0.0755 e. The molecule has 4 rings (SSSR count). The van der Waals surface area contributed by atoms with Gasteiger partial charge in [0.25, 0.3) is 0 Å². The number of rotatable bonds is 2.